The van der Waals surface area contributed by atoms with Gasteiger partial charge in [-0.15, -0.1) is 0 Å². The molecule has 7 nitrogen and oxygen atoms in total. The third kappa shape index (κ3) is 4.29. The lowest BCUT2D eigenvalue weighted by molar-refractivity contribution is -0.0518. The summed E-state index contributed by atoms with van der Waals surface area (Å²) >= 11 is 0. The zero-order valence-corrected chi connectivity index (χ0v) is 18.5. The number of hydrogen-bond donors (Lipinski definition) is 1. The minimum absolute atomic E-state index is 0.00898. The Hall–Kier alpha value is -3.07. The lowest BCUT2D eigenvalue weighted by atomic mass is 9.91. The van der Waals surface area contributed by atoms with Crippen LogP contribution in [0.25, 0.3) is 22.0 Å². The summed E-state index contributed by atoms with van der Waals surface area (Å²) in [6, 6.07) is 8.06. The van der Waals surface area contributed by atoms with Crippen LogP contribution in [0.3, 0.4) is 0 Å². The standard InChI is InChI=1S/C24H27F2N5O2/c1-33-23(32)20-11-16(12-28-22(20)27)15-2-3-21-17(10-15)13-31(29-21)19-6-9-30(14-19)18-4-7-24(25,26)8-5-18/h2-3,10-13,18-19H,4-9,14H2,1H3,(H2,27,28). The van der Waals surface area contributed by atoms with Gasteiger partial charge in [0.1, 0.15) is 11.4 Å². The third-order valence-corrected chi connectivity index (χ3v) is 6.95. The maximum Gasteiger partial charge on any atom is 0.341 e. The first-order valence-corrected chi connectivity index (χ1v) is 11.3. The number of carbonyl (C=O) groups excluding carboxylic acids is 1. The van der Waals surface area contributed by atoms with Crippen molar-refractivity contribution < 1.29 is 18.3 Å². The second kappa shape index (κ2) is 8.37. The summed E-state index contributed by atoms with van der Waals surface area (Å²) in [7, 11) is 1.31. The molecule has 2 N–H and O–H groups in total. The minimum Gasteiger partial charge on any atom is -0.465 e. The smallest absolute Gasteiger partial charge is 0.341 e. The van der Waals surface area contributed by atoms with Crippen molar-refractivity contribution in [3.63, 3.8) is 0 Å². The van der Waals surface area contributed by atoms with E-state index >= 15 is 0 Å². The van der Waals surface area contributed by atoms with Gasteiger partial charge in [-0.2, -0.15) is 5.10 Å². The van der Waals surface area contributed by atoms with Crippen LogP contribution in [0.4, 0.5) is 14.6 Å². The van der Waals surface area contributed by atoms with Gasteiger partial charge in [-0.25, -0.2) is 18.6 Å². The Bertz CT molecular complexity index is 1180. The van der Waals surface area contributed by atoms with Crippen molar-refractivity contribution in [1.82, 2.24) is 19.7 Å². The van der Waals surface area contributed by atoms with E-state index in [0.29, 0.717) is 12.8 Å². The summed E-state index contributed by atoms with van der Waals surface area (Å²) in [4.78, 5) is 18.4. The Morgan fingerprint density at radius 2 is 1.94 bits per heavy atom. The molecule has 3 heterocycles. The number of aromatic nitrogens is 3. The maximum atomic E-state index is 13.5. The van der Waals surface area contributed by atoms with Crippen LogP contribution in [-0.4, -0.2) is 57.8 Å². The van der Waals surface area contributed by atoms with E-state index in [2.05, 4.69) is 9.88 Å². The quantitative estimate of drug-likeness (QED) is 0.591. The number of halogens is 2. The Balaban J connectivity index is 1.34. The van der Waals surface area contributed by atoms with E-state index in [-0.39, 0.29) is 36.3 Å². The molecule has 33 heavy (non-hydrogen) atoms. The summed E-state index contributed by atoms with van der Waals surface area (Å²) in [6.45, 7) is 1.75. The van der Waals surface area contributed by atoms with Crippen molar-refractivity contribution in [3.05, 3.63) is 42.2 Å². The number of methoxy groups -OCH3 is 1. The second-order valence-electron chi connectivity index (χ2n) is 9.06. The average Bonchev–Trinajstić information content (AvgIpc) is 3.45. The summed E-state index contributed by atoms with van der Waals surface area (Å²) in [5, 5.41) is 5.75. The van der Waals surface area contributed by atoms with Crippen LogP contribution in [0.2, 0.25) is 0 Å². The Morgan fingerprint density at radius 1 is 1.15 bits per heavy atom. The summed E-state index contributed by atoms with van der Waals surface area (Å²) in [5.74, 6) is -2.89. The van der Waals surface area contributed by atoms with Crippen molar-refractivity contribution in [3.8, 4) is 11.1 Å². The first kappa shape index (κ1) is 21.8. The van der Waals surface area contributed by atoms with Gasteiger partial charge in [0.05, 0.1) is 18.7 Å². The van der Waals surface area contributed by atoms with Crippen LogP contribution in [0.5, 0.6) is 0 Å². The van der Waals surface area contributed by atoms with Gasteiger partial charge in [-0.05, 0) is 43.0 Å². The molecule has 1 aliphatic carbocycles. The molecule has 1 saturated carbocycles. The fraction of sp³-hybridized carbons (Fsp3) is 0.458. The van der Waals surface area contributed by atoms with Gasteiger partial charge in [-0.3, -0.25) is 9.58 Å². The normalized spacial score (nSPS) is 21.5. The van der Waals surface area contributed by atoms with Gasteiger partial charge in [0, 0.05) is 55.3 Å². The molecule has 1 aromatic carbocycles. The summed E-state index contributed by atoms with van der Waals surface area (Å²) < 4.78 is 33.8. The number of nitrogens with zero attached hydrogens (tertiary/aromatic N) is 4. The van der Waals surface area contributed by atoms with E-state index in [0.717, 1.165) is 41.5 Å². The predicted octanol–water partition coefficient (Wildman–Crippen LogP) is 4.29. The number of hydrogen-bond acceptors (Lipinski definition) is 6. The SMILES string of the molecule is COC(=O)c1cc(-c2ccc3nn(C4CCN(C5CCC(F)(F)CC5)C4)cc3c2)cnc1N. The Kier molecular flexibility index (Phi) is 5.52. The van der Waals surface area contributed by atoms with Crippen LogP contribution in [0.15, 0.2) is 36.7 Å². The molecule has 0 bridgehead atoms. The van der Waals surface area contributed by atoms with Gasteiger partial charge in [0.15, 0.2) is 0 Å². The minimum atomic E-state index is -2.50. The van der Waals surface area contributed by atoms with E-state index in [9.17, 15) is 13.6 Å². The largest absolute Gasteiger partial charge is 0.465 e. The van der Waals surface area contributed by atoms with Crippen molar-refractivity contribution in [2.45, 2.75) is 50.1 Å². The fourth-order valence-electron chi connectivity index (χ4n) is 5.02. The van der Waals surface area contributed by atoms with Gasteiger partial charge in [0.2, 0.25) is 5.92 Å². The molecule has 1 unspecified atom stereocenters. The lowest BCUT2D eigenvalue weighted by Crippen LogP contribution is -2.39. The number of carbonyl (C=O) groups is 1. The fourth-order valence-corrected chi connectivity index (χ4v) is 5.02. The van der Waals surface area contributed by atoms with Crippen LogP contribution >= 0.6 is 0 Å². The van der Waals surface area contributed by atoms with Crippen LogP contribution < -0.4 is 5.73 Å². The molecule has 0 radical (unpaired) electrons. The highest BCUT2D eigenvalue weighted by atomic mass is 19.3. The maximum absolute atomic E-state index is 13.5. The Morgan fingerprint density at radius 3 is 2.70 bits per heavy atom. The summed E-state index contributed by atoms with van der Waals surface area (Å²) in [6.07, 6.45) is 5.73. The third-order valence-electron chi connectivity index (χ3n) is 6.95. The topological polar surface area (TPSA) is 86.3 Å². The first-order chi connectivity index (χ1) is 15.8. The highest BCUT2D eigenvalue weighted by Gasteiger charge is 2.39. The number of anilines is 1. The molecule has 1 saturated heterocycles. The molecule has 5 rings (SSSR count). The van der Waals surface area contributed by atoms with E-state index in [1.807, 2.05) is 29.1 Å². The molecule has 2 fully saturated rings. The van der Waals surface area contributed by atoms with Crippen LogP contribution in [-0.2, 0) is 4.74 Å². The van der Waals surface area contributed by atoms with E-state index in [1.54, 1.807) is 12.3 Å². The molecular formula is C24H27F2N5O2. The predicted molar refractivity (Wildman–Crippen MR) is 121 cm³/mol. The van der Waals surface area contributed by atoms with Gasteiger partial charge < -0.3 is 10.5 Å². The molecule has 1 atom stereocenters. The zero-order valence-electron chi connectivity index (χ0n) is 18.5. The van der Waals surface area contributed by atoms with Crippen LogP contribution in [0.1, 0.15) is 48.5 Å². The van der Waals surface area contributed by atoms with E-state index in [1.165, 1.54) is 7.11 Å². The second-order valence-corrected chi connectivity index (χ2v) is 9.06. The number of likely N-dealkylation sites (tertiary alicyclic amines) is 1. The van der Waals surface area contributed by atoms with Gasteiger partial charge in [-0.1, -0.05) is 6.07 Å². The number of alkyl halides is 2. The highest BCUT2D eigenvalue weighted by Crippen LogP contribution is 2.37. The number of ether oxygens (including phenoxy) is 1. The van der Waals surface area contributed by atoms with Gasteiger partial charge in [0.25, 0.3) is 0 Å². The lowest BCUT2D eigenvalue weighted by Gasteiger charge is -2.34. The average molecular weight is 456 g/mol. The van der Waals surface area contributed by atoms with Crippen molar-refractivity contribution in [2.75, 3.05) is 25.9 Å². The van der Waals surface area contributed by atoms with Crippen molar-refractivity contribution >= 4 is 22.7 Å². The van der Waals surface area contributed by atoms with E-state index < -0.39 is 11.9 Å². The van der Waals surface area contributed by atoms with Gasteiger partial charge >= 0.3 is 5.97 Å². The Labute approximate surface area is 190 Å². The monoisotopic (exact) mass is 455 g/mol. The number of nitrogen functional groups attached to an aromatic ring is 1. The highest BCUT2D eigenvalue weighted by molar-refractivity contribution is 5.95. The van der Waals surface area contributed by atoms with Crippen molar-refractivity contribution in [1.29, 1.82) is 0 Å². The molecular weight excluding hydrogens is 428 g/mol. The van der Waals surface area contributed by atoms with E-state index in [4.69, 9.17) is 15.6 Å². The number of pyridine rings is 1. The molecule has 9 heteroatoms. The number of rotatable bonds is 4. The zero-order chi connectivity index (χ0) is 23.2. The molecule has 1 aliphatic heterocycles. The molecule has 174 valence electrons. The number of fused-ring (bicyclic) bond motifs is 1. The first-order valence-electron chi connectivity index (χ1n) is 11.3. The molecule has 0 amide bonds. The van der Waals surface area contributed by atoms with Crippen LogP contribution in [0, 0.1) is 0 Å². The number of nitrogens with two attached hydrogens (primary N) is 1. The number of esters is 1. The molecule has 2 aromatic heterocycles. The summed E-state index contributed by atoms with van der Waals surface area (Å²) in [5.41, 5.74) is 8.60. The number of benzene rings is 1. The molecule has 0 spiro atoms. The molecule has 2 aliphatic rings. The van der Waals surface area contributed by atoms with Crippen molar-refractivity contribution in [2.24, 2.45) is 0 Å². The molecule has 3 aromatic rings.